The van der Waals surface area contributed by atoms with Crippen LogP contribution in [0.15, 0.2) is 23.8 Å². The lowest BCUT2D eigenvalue weighted by Gasteiger charge is -2.38. The normalized spacial score (nSPS) is 29.4. The lowest BCUT2D eigenvalue weighted by atomic mass is 9.99. The second-order valence-corrected chi connectivity index (χ2v) is 18.5. The van der Waals surface area contributed by atoms with Crippen molar-refractivity contribution in [1.82, 2.24) is 9.44 Å². The highest BCUT2D eigenvalue weighted by molar-refractivity contribution is 7.84. The zero-order valence-electron chi connectivity index (χ0n) is 34.0. The van der Waals surface area contributed by atoms with Gasteiger partial charge in [0.1, 0.15) is 61.0 Å². The van der Waals surface area contributed by atoms with Gasteiger partial charge in [-0.05, 0) is 25.5 Å². The number of carboxylic acid groups (broad SMARTS) is 2. The first-order valence-corrected chi connectivity index (χ1v) is 24.2. The molecule has 3 saturated heterocycles. The predicted octanol–water partition coefficient (Wildman–Crippen LogP) is -13.1. The number of carbonyl (C=O) groups is 2. The number of ether oxygens (including phenoxy) is 3. The smallest absolute Gasteiger partial charge is 0.218 e. The zero-order valence-corrected chi connectivity index (χ0v) is 38.1. The summed E-state index contributed by atoms with van der Waals surface area (Å²) in [5, 5.41) is 92.9. The van der Waals surface area contributed by atoms with Gasteiger partial charge in [-0.3, -0.25) is 12.5 Å². The molecule has 0 aliphatic carbocycles. The lowest BCUT2D eigenvalue weighted by molar-refractivity contribution is -0.327. The molecule has 12 atom stereocenters. The van der Waals surface area contributed by atoms with Gasteiger partial charge in [-0.25, -0.2) is 51.5 Å². The van der Waals surface area contributed by atoms with Crippen LogP contribution in [0.3, 0.4) is 0 Å². The maximum Gasteiger partial charge on any atom is 0.218 e. The van der Waals surface area contributed by atoms with E-state index >= 15 is 0 Å². The standard InChI is InChI=1S/2C6H13NO10S2.C6H10O9S.C5H8O3.C4H8O/c2*8-5-3(7-18(10,11)12)1-16-4(6(5)9)2-17-19(13,14)15;7-3-2(15-16(11,12)13)1-14-5(4(3)8)6(9)10;1-4(3-6)2-5(7)8;1-4(2)3-5/h2*3-9H,1-2H2,(H,10,11,12)(H,13,14,15);2-5,7-8H,1H2,(H,9,10)(H,11,12,13);2,6H,3H2,1H3,(H,7,8);5H,1,3H2,2H3/p-7/b;;;4-2-;/t2*3?,4?,5-,6+;2?,3-,4-,5?;;/m000../s1. The molecular formula is C27H45N2O33S5-7. The summed E-state index contributed by atoms with van der Waals surface area (Å²) in [6, 6.07) is -2.78. The van der Waals surface area contributed by atoms with Gasteiger partial charge in [-0.15, -0.1) is 0 Å². The molecule has 3 heterocycles. The fraction of sp³-hybridized carbons (Fsp3) is 0.778. The minimum Gasteiger partial charge on any atom is -0.735 e. The van der Waals surface area contributed by atoms with Crippen LogP contribution in [0, 0.1) is 0 Å². The van der Waals surface area contributed by atoms with Crippen molar-refractivity contribution in [2.75, 3.05) is 46.2 Å². The second kappa shape index (κ2) is 29.5. The fourth-order valence-electron chi connectivity index (χ4n) is 4.42. The van der Waals surface area contributed by atoms with E-state index in [4.69, 9.17) is 19.7 Å². The van der Waals surface area contributed by atoms with Crippen molar-refractivity contribution in [3.05, 3.63) is 23.8 Å². The van der Waals surface area contributed by atoms with E-state index in [0.29, 0.717) is 5.57 Å². The highest BCUT2D eigenvalue weighted by Crippen LogP contribution is 2.20. The molecule has 0 aromatic rings. The molecule has 35 nitrogen and oxygen atoms in total. The molecule has 0 amide bonds. The average molecular weight is 1090 g/mol. The van der Waals surface area contributed by atoms with E-state index in [0.717, 1.165) is 11.6 Å². The molecule has 3 rings (SSSR count). The Kier molecular flexibility index (Phi) is 29.2. The van der Waals surface area contributed by atoms with Gasteiger partial charge in [0.05, 0.1) is 70.3 Å². The van der Waals surface area contributed by atoms with Gasteiger partial charge >= 0.3 is 0 Å². The van der Waals surface area contributed by atoms with Crippen molar-refractivity contribution in [2.45, 2.75) is 87.0 Å². The molecule has 0 spiro atoms. The maximum atomic E-state index is 10.4. The summed E-state index contributed by atoms with van der Waals surface area (Å²) >= 11 is 0. The van der Waals surface area contributed by atoms with Crippen molar-refractivity contribution < 1.29 is 152 Å². The topological polar surface area (TPSA) is 608 Å². The quantitative estimate of drug-likeness (QED) is 0.0297. The Morgan fingerprint density at radius 1 is 0.612 bits per heavy atom. The molecular weight excluding hydrogens is 1040 g/mol. The molecule has 10 N–H and O–H groups in total. The van der Waals surface area contributed by atoms with E-state index in [1.54, 1.807) is 6.92 Å². The summed E-state index contributed by atoms with van der Waals surface area (Å²) in [5.41, 5.74) is 1.20. The predicted molar refractivity (Wildman–Crippen MR) is 197 cm³/mol. The Morgan fingerprint density at radius 3 is 1.24 bits per heavy atom. The van der Waals surface area contributed by atoms with Crippen LogP contribution in [0.25, 0.3) is 0 Å². The monoisotopic (exact) mass is 1090 g/mol. The maximum absolute atomic E-state index is 10.4. The number of rotatable bonds is 16. The third-order valence-electron chi connectivity index (χ3n) is 7.45. The van der Waals surface area contributed by atoms with E-state index in [1.165, 1.54) is 16.4 Å². The highest BCUT2D eigenvalue weighted by atomic mass is 32.3. The van der Waals surface area contributed by atoms with Crippen LogP contribution in [0.4, 0.5) is 0 Å². The van der Waals surface area contributed by atoms with Crippen LogP contribution in [-0.2, 0) is 88.2 Å². The van der Waals surface area contributed by atoms with Crippen LogP contribution in [0.2, 0.25) is 0 Å². The van der Waals surface area contributed by atoms with Gasteiger partial charge in [-0.2, -0.15) is 0 Å². The lowest BCUT2D eigenvalue weighted by Crippen LogP contribution is -2.60. The molecule has 398 valence electrons. The van der Waals surface area contributed by atoms with E-state index < -0.39 is 170 Å². The number of aliphatic carboxylic acids is 2. The minimum atomic E-state index is -5.08. The van der Waals surface area contributed by atoms with Gasteiger partial charge in [0.15, 0.2) is 20.6 Å². The average Bonchev–Trinajstić information content (AvgIpc) is 3.15. The van der Waals surface area contributed by atoms with Crippen LogP contribution < -0.4 is 19.7 Å². The second-order valence-electron chi connectivity index (χ2n) is 13.1. The van der Waals surface area contributed by atoms with E-state index in [1.807, 2.05) is 0 Å². The number of aliphatic hydroxyl groups is 8. The largest absolute Gasteiger partial charge is 0.735 e. The third-order valence-corrected chi connectivity index (χ3v) is 9.96. The minimum absolute atomic E-state index is 0.111. The Morgan fingerprint density at radius 2 is 0.985 bits per heavy atom. The Labute approximate surface area is 381 Å². The number of carbonyl (C=O) groups excluding carboxylic acids is 2. The molecule has 67 heavy (non-hydrogen) atoms. The van der Waals surface area contributed by atoms with Crippen LogP contribution in [-0.4, -0.2) is 237 Å². The van der Waals surface area contributed by atoms with Gasteiger partial charge in [0.25, 0.3) is 0 Å². The Balaban J connectivity index is 0. The number of hydrogen-bond donors (Lipinski definition) is 10. The highest BCUT2D eigenvalue weighted by Gasteiger charge is 2.42. The first-order chi connectivity index (χ1) is 30.1. The Hall–Kier alpha value is -2.67. The summed E-state index contributed by atoms with van der Waals surface area (Å²) in [4.78, 5) is 20.0. The molecule has 0 radical (unpaired) electrons. The summed E-state index contributed by atoms with van der Waals surface area (Å²) in [7, 11) is -24.8. The molecule has 6 unspecified atom stereocenters. The molecule has 3 fully saturated rings. The molecule has 0 aromatic carbocycles. The number of hydrogen-bond acceptors (Lipinski definition) is 33. The summed E-state index contributed by atoms with van der Waals surface area (Å²) in [6.07, 6.45) is -16.0. The van der Waals surface area contributed by atoms with Crippen molar-refractivity contribution in [2.24, 2.45) is 0 Å². The summed E-state index contributed by atoms with van der Waals surface area (Å²) < 4.78 is 183. The van der Waals surface area contributed by atoms with Crippen molar-refractivity contribution in [3.63, 3.8) is 0 Å². The third kappa shape index (κ3) is 31.2. The summed E-state index contributed by atoms with van der Waals surface area (Å²) in [6.45, 7) is 3.22. The molecule has 3 aliphatic heterocycles. The Bertz CT molecular complexity index is 2060. The van der Waals surface area contributed by atoms with E-state index in [-0.39, 0.29) is 13.2 Å². The molecule has 40 heteroatoms. The molecule has 3 aliphatic rings. The first-order valence-electron chi connectivity index (χ1n) is 17.3. The first kappa shape index (κ1) is 66.4. The van der Waals surface area contributed by atoms with Gasteiger partial charge < -0.3 is 97.6 Å². The molecule has 0 aromatic heterocycles. The van der Waals surface area contributed by atoms with Crippen molar-refractivity contribution >= 4 is 63.7 Å². The summed E-state index contributed by atoms with van der Waals surface area (Å²) in [5.74, 6) is -3.04. The van der Waals surface area contributed by atoms with Crippen molar-refractivity contribution in [1.29, 1.82) is 0 Å². The number of aliphatic hydroxyl groups excluding tert-OH is 8. The fourth-order valence-corrected chi connectivity index (χ4v) is 6.65. The van der Waals surface area contributed by atoms with E-state index in [9.17, 15) is 115 Å². The van der Waals surface area contributed by atoms with E-state index in [2.05, 4.69) is 23.9 Å². The van der Waals surface area contributed by atoms with Crippen LogP contribution in [0.5, 0.6) is 0 Å². The molecule has 0 bridgehead atoms. The SMILES string of the molecule is C/C(=C/C(=O)[O-])CO.C=C(C)CO.O=C([O-])C1OCC(OS(=O)(=O)[O-])[C@H](O)[C@@H]1O.O=S(=O)([O-])NC1COC(COS(=O)(=O)[O-])[C@@H](O)[C@H]1O.O=S(=O)([O-])NC1COC(COS(=O)(=O)[O-])[C@@H](O)[C@H]1O. The van der Waals surface area contributed by atoms with Gasteiger partial charge in [-0.1, -0.05) is 12.2 Å². The van der Waals surface area contributed by atoms with Gasteiger partial charge in [0.2, 0.25) is 31.2 Å². The number of carboxylic acids is 2. The van der Waals surface area contributed by atoms with Crippen LogP contribution in [0.1, 0.15) is 13.8 Å². The van der Waals surface area contributed by atoms with Crippen LogP contribution >= 0.6 is 0 Å². The molecule has 0 saturated carbocycles. The van der Waals surface area contributed by atoms with Gasteiger partial charge in [0, 0.05) is 0 Å². The number of nitrogens with one attached hydrogen (secondary N) is 2. The van der Waals surface area contributed by atoms with Crippen molar-refractivity contribution in [3.8, 4) is 0 Å². The zero-order chi connectivity index (χ0) is 53.1.